The molecule has 0 aliphatic carbocycles. The molecule has 2 N–H and O–H groups in total. The number of benzene rings is 4. The molecular formula is C38H36CuN2O6. The molecule has 47 heavy (non-hydrogen) atoms. The number of rotatable bonds is 12. The Balaban J connectivity index is 0.000000320. The van der Waals surface area contributed by atoms with Gasteiger partial charge in [-0.05, 0) is 85.7 Å². The molecule has 4 aromatic carbocycles. The summed E-state index contributed by atoms with van der Waals surface area (Å²) in [5.74, 6) is -0.0655. The fourth-order valence-corrected chi connectivity index (χ4v) is 3.79. The number of anilines is 2. The van der Waals surface area contributed by atoms with Crippen LogP contribution in [-0.2, 0) is 26.7 Å². The number of carbonyl (C=O) groups is 2. The Kier molecular flexibility index (Phi) is 17.1. The SMILES string of the molecule is CCOc1ccc(/C=C/C([O-])=C/C(=O)Nc2ccccc2)cc1.CCOc1ccc(/C=C/C([O-])=C/C(=O)Nc2ccccc2)cc1.[Cu+2]. The molecule has 4 rings (SSSR count). The third-order valence-corrected chi connectivity index (χ3v) is 5.89. The maximum Gasteiger partial charge on any atom is 2.00 e. The minimum atomic E-state index is -0.447. The van der Waals surface area contributed by atoms with E-state index in [2.05, 4.69) is 10.6 Å². The number of allylic oxidation sites excluding steroid dienone is 2. The topological polar surface area (TPSA) is 123 Å². The second-order valence-electron chi connectivity index (χ2n) is 9.47. The zero-order chi connectivity index (χ0) is 33.0. The van der Waals surface area contributed by atoms with Crippen molar-refractivity contribution in [2.75, 3.05) is 23.8 Å². The largest absolute Gasteiger partial charge is 2.00 e. The number of carbonyl (C=O) groups excluding carboxylic acids is 2. The first-order valence-electron chi connectivity index (χ1n) is 14.7. The molecule has 0 spiro atoms. The molecule has 2 amide bonds. The van der Waals surface area contributed by atoms with Gasteiger partial charge in [0.2, 0.25) is 11.8 Å². The van der Waals surface area contributed by atoms with Crippen LogP contribution < -0.4 is 30.3 Å². The summed E-state index contributed by atoms with van der Waals surface area (Å²) in [5, 5.41) is 28.8. The smallest absolute Gasteiger partial charge is 0.872 e. The number of amides is 2. The Morgan fingerprint density at radius 2 is 0.915 bits per heavy atom. The van der Waals surface area contributed by atoms with E-state index in [0.717, 1.165) is 34.8 Å². The van der Waals surface area contributed by atoms with Crippen molar-refractivity contribution in [3.05, 3.63) is 156 Å². The molecule has 0 saturated heterocycles. The number of hydrogen-bond donors (Lipinski definition) is 2. The van der Waals surface area contributed by atoms with E-state index in [1.165, 1.54) is 12.2 Å². The maximum atomic E-state index is 11.8. The summed E-state index contributed by atoms with van der Waals surface area (Å²) in [6, 6.07) is 32.7. The van der Waals surface area contributed by atoms with E-state index in [9.17, 15) is 19.8 Å². The summed E-state index contributed by atoms with van der Waals surface area (Å²) >= 11 is 0. The summed E-state index contributed by atoms with van der Waals surface area (Å²) in [5.41, 5.74) is 3.02. The molecule has 245 valence electrons. The standard InChI is InChI=1S/2C19H19NO3.Cu/c2*1-2-23-18-12-9-15(10-13-18)8-11-17(21)14-19(22)20-16-6-4-3-5-7-16;/h2*3-14,21H,2H2,1H3,(H,20,22);/q;;+2/p-2/b2*11-8+,17-14-;. The van der Waals surface area contributed by atoms with Crippen LogP contribution in [0.2, 0.25) is 0 Å². The Morgan fingerprint density at radius 3 is 1.23 bits per heavy atom. The first kappa shape index (κ1) is 37.7. The molecule has 0 aliphatic rings. The van der Waals surface area contributed by atoms with Gasteiger partial charge in [-0.1, -0.05) is 85.0 Å². The third-order valence-electron chi connectivity index (χ3n) is 5.89. The molecule has 0 fully saturated rings. The molecule has 0 atom stereocenters. The second kappa shape index (κ2) is 21.3. The Hall–Kier alpha value is -5.50. The number of hydrogen-bond acceptors (Lipinski definition) is 6. The van der Waals surface area contributed by atoms with Crippen molar-refractivity contribution in [2.45, 2.75) is 13.8 Å². The van der Waals surface area contributed by atoms with E-state index < -0.39 is 11.8 Å². The van der Waals surface area contributed by atoms with Crippen molar-refractivity contribution in [3.63, 3.8) is 0 Å². The van der Waals surface area contributed by atoms with Crippen LogP contribution in [0.25, 0.3) is 12.2 Å². The third kappa shape index (κ3) is 15.4. The summed E-state index contributed by atoms with van der Waals surface area (Å²) in [6.07, 6.45) is 8.09. The van der Waals surface area contributed by atoms with E-state index in [-0.39, 0.29) is 28.6 Å². The number of nitrogens with one attached hydrogen (secondary N) is 2. The van der Waals surface area contributed by atoms with Crippen molar-refractivity contribution in [1.29, 1.82) is 0 Å². The van der Waals surface area contributed by atoms with E-state index >= 15 is 0 Å². The van der Waals surface area contributed by atoms with Gasteiger partial charge in [0.25, 0.3) is 0 Å². The quantitative estimate of drug-likeness (QED) is 0.0825. The van der Waals surface area contributed by atoms with Crippen molar-refractivity contribution in [2.24, 2.45) is 0 Å². The first-order valence-corrected chi connectivity index (χ1v) is 14.7. The van der Waals surface area contributed by atoms with Gasteiger partial charge < -0.3 is 30.3 Å². The molecule has 0 aromatic heterocycles. The number of ether oxygens (including phenoxy) is 2. The van der Waals surface area contributed by atoms with Gasteiger partial charge >= 0.3 is 17.1 Å². The van der Waals surface area contributed by atoms with Crippen LogP contribution >= 0.6 is 0 Å². The van der Waals surface area contributed by atoms with Crippen LogP contribution in [0, 0.1) is 0 Å². The average molecular weight is 680 g/mol. The monoisotopic (exact) mass is 679 g/mol. The van der Waals surface area contributed by atoms with Crippen LogP contribution in [0.15, 0.2) is 145 Å². The first-order chi connectivity index (χ1) is 22.3. The zero-order valence-corrected chi connectivity index (χ0v) is 27.0. The van der Waals surface area contributed by atoms with Gasteiger partial charge in [0.05, 0.1) is 13.2 Å². The van der Waals surface area contributed by atoms with Crippen molar-refractivity contribution in [1.82, 2.24) is 0 Å². The van der Waals surface area contributed by atoms with Crippen molar-refractivity contribution < 1.29 is 46.3 Å². The predicted octanol–water partition coefficient (Wildman–Crippen LogP) is 5.96. The van der Waals surface area contributed by atoms with Crippen LogP contribution in [0.4, 0.5) is 11.4 Å². The van der Waals surface area contributed by atoms with Gasteiger partial charge in [0, 0.05) is 11.4 Å². The molecular weight excluding hydrogens is 644 g/mol. The maximum absolute atomic E-state index is 11.8. The number of para-hydroxylation sites is 2. The fraction of sp³-hybridized carbons (Fsp3) is 0.105. The molecule has 0 aliphatic heterocycles. The van der Waals surface area contributed by atoms with Crippen LogP contribution in [0.5, 0.6) is 11.5 Å². The Labute approximate surface area is 286 Å². The van der Waals surface area contributed by atoms with Gasteiger partial charge in [0.15, 0.2) is 0 Å². The van der Waals surface area contributed by atoms with E-state index in [4.69, 9.17) is 9.47 Å². The van der Waals surface area contributed by atoms with Gasteiger partial charge in [-0.25, -0.2) is 0 Å². The summed E-state index contributed by atoms with van der Waals surface area (Å²) in [6.45, 7) is 5.06. The van der Waals surface area contributed by atoms with Crippen LogP contribution in [0.1, 0.15) is 25.0 Å². The van der Waals surface area contributed by atoms with Crippen LogP contribution in [0.3, 0.4) is 0 Å². The average Bonchev–Trinajstić information content (AvgIpc) is 3.05. The summed E-state index contributed by atoms with van der Waals surface area (Å²) in [4.78, 5) is 23.4. The minimum absolute atomic E-state index is 0. The van der Waals surface area contributed by atoms with Crippen molar-refractivity contribution in [3.8, 4) is 11.5 Å². The molecule has 9 heteroatoms. The van der Waals surface area contributed by atoms with E-state index in [1.54, 1.807) is 36.4 Å². The van der Waals surface area contributed by atoms with Gasteiger partial charge in [-0.15, -0.1) is 11.5 Å². The molecule has 4 aromatic rings. The normalized spacial score (nSPS) is 11.2. The second-order valence-corrected chi connectivity index (χ2v) is 9.47. The van der Waals surface area contributed by atoms with Gasteiger partial charge in [-0.3, -0.25) is 9.59 Å². The molecule has 0 saturated carbocycles. The van der Waals surface area contributed by atoms with Gasteiger partial charge in [0.1, 0.15) is 11.5 Å². The summed E-state index contributed by atoms with van der Waals surface area (Å²) < 4.78 is 10.7. The van der Waals surface area contributed by atoms with Gasteiger partial charge in [-0.2, -0.15) is 0 Å². The zero-order valence-electron chi connectivity index (χ0n) is 26.0. The molecule has 1 radical (unpaired) electrons. The summed E-state index contributed by atoms with van der Waals surface area (Å²) in [7, 11) is 0. The van der Waals surface area contributed by atoms with E-state index in [0.29, 0.717) is 24.6 Å². The van der Waals surface area contributed by atoms with E-state index in [1.807, 2.05) is 98.8 Å². The fourth-order valence-electron chi connectivity index (χ4n) is 3.79. The molecule has 0 bridgehead atoms. The van der Waals surface area contributed by atoms with Crippen LogP contribution in [-0.4, -0.2) is 25.0 Å². The Bertz CT molecular complexity index is 1510. The molecule has 0 unspecified atom stereocenters. The molecule has 0 heterocycles. The molecule has 8 nitrogen and oxygen atoms in total. The Morgan fingerprint density at radius 1 is 0.574 bits per heavy atom. The predicted molar refractivity (Wildman–Crippen MR) is 180 cm³/mol. The van der Waals surface area contributed by atoms with Crippen molar-refractivity contribution >= 4 is 35.3 Å². The minimum Gasteiger partial charge on any atom is -0.872 e.